The third-order valence-corrected chi connectivity index (χ3v) is 5.39. The number of nitrogens with zero attached hydrogens (tertiary/aromatic N) is 3. The van der Waals surface area contributed by atoms with Gasteiger partial charge in [0.1, 0.15) is 0 Å². The molecule has 1 aromatic carbocycles. The van der Waals surface area contributed by atoms with Gasteiger partial charge in [-0.1, -0.05) is 0 Å². The summed E-state index contributed by atoms with van der Waals surface area (Å²) in [6.07, 6.45) is 4.91. The van der Waals surface area contributed by atoms with Gasteiger partial charge in [0, 0.05) is 18.6 Å². The van der Waals surface area contributed by atoms with E-state index in [1.165, 1.54) is 25.3 Å². The minimum atomic E-state index is -3.73. The second-order valence-corrected chi connectivity index (χ2v) is 7.42. The second-order valence-electron chi connectivity index (χ2n) is 5.46. The summed E-state index contributed by atoms with van der Waals surface area (Å²) >= 11 is 0. The third-order valence-electron chi connectivity index (χ3n) is 3.68. The summed E-state index contributed by atoms with van der Waals surface area (Å²) in [5.41, 5.74) is 7.15. The summed E-state index contributed by atoms with van der Waals surface area (Å²) in [6.45, 7) is 0. The maximum atomic E-state index is 12.7. The van der Waals surface area contributed by atoms with Crippen molar-refractivity contribution in [3.8, 4) is 5.69 Å². The van der Waals surface area contributed by atoms with Crippen LogP contribution in [0.25, 0.3) is 5.69 Å². The summed E-state index contributed by atoms with van der Waals surface area (Å²) < 4.78 is 31.5. The van der Waals surface area contributed by atoms with E-state index in [2.05, 4.69) is 14.8 Å². The molecule has 0 spiro atoms. The smallest absolute Gasteiger partial charge is 0.337 e. The lowest BCUT2D eigenvalue weighted by Gasteiger charge is -2.08. The Morgan fingerprint density at radius 1 is 1.19 bits per heavy atom. The molecule has 2 N–H and O–H groups in total. The highest BCUT2D eigenvalue weighted by atomic mass is 32.2. The maximum absolute atomic E-state index is 12.7. The van der Waals surface area contributed by atoms with Crippen LogP contribution in [0.4, 0.5) is 5.69 Å². The molecule has 26 heavy (non-hydrogen) atoms. The molecule has 2 aromatic heterocycles. The molecule has 0 unspecified atom stereocenters. The van der Waals surface area contributed by atoms with E-state index in [9.17, 15) is 13.2 Å². The first-order chi connectivity index (χ1) is 12.4. The predicted octanol–water partition coefficient (Wildman–Crippen LogP) is 1.61. The molecule has 0 saturated heterocycles. The zero-order chi connectivity index (χ0) is 18.7. The molecule has 9 heteroatoms. The summed E-state index contributed by atoms with van der Waals surface area (Å²) in [7, 11) is -2.49. The van der Waals surface area contributed by atoms with E-state index in [-0.39, 0.29) is 21.9 Å². The van der Waals surface area contributed by atoms with Crippen molar-refractivity contribution in [3.63, 3.8) is 0 Å². The number of rotatable bonds is 5. The maximum Gasteiger partial charge on any atom is 0.337 e. The number of ether oxygens (including phenoxy) is 1. The molecule has 0 bridgehead atoms. The minimum Gasteiger partial charge on any atom is -0.465 e. The first-order valence-electron chi connectivity index (χ1n) is 7.56. The topological polar surface area (TPSA) is 117 Å². The van der Waals surface area contributed by atoms with Crippen LogP contribution < -0.4 is 5.73 Å². The number of hydrogen-bond donors (Lipinski definition) is 1. The average Bonchev–Trinajstić information content (AvgIpc) is 3.09. The fourth-order valence-corrected chi connectivity index (χ4v) is 3.82. The fourth-order valence-electron chi connectivity index (χ4n) is 2.43. The number of benzene rings is 1. The summed E-state index contributed by atoms with van der Waals surface area (Å²) in [4.78, 5) is 15.4. The van der Waals surface area contributed by atoms with Crippen LogP contribution in [0, 0.1) is 0 Å². The van der Waals surface area contributed by atoms with Crippen LogP contribution in [0.3, 0.4) is 0 Å². The van der Waals surface area contributed by atoms with E-state index in [1.807, 2.05) is 0 Å². The summed E-state index contributed by atoms with van der Waals surface area (Å²) in [5.74, 6) is -0.899. The number of carbonyl (C=O) groups is 1. The lowest BCUT2D eigenvalue weighted by molar-refractivity contribution is 0.0600. The largest absolute Gasteiger partial charge is 0.465 e. The Morgan fingerprint density at radius 2 is 1.92 bits per heavy atom. The normalized spacial score (nSPS) is 11.3. The van der Waals surface area contributed by atoms with Crippen molar-refractivity contribution in [3.05, 3.63) is 66.2 Å². The molecule has 2 heterocycles. The van der Waals surface area contributed by atoms with Crippen LogP contribution in [0.5, 0.6) is 0 Å². The van der Waals surface area contributed by atoms with Gasteiger partial charge in [-0.3, -0.25) is 4.98 Å². The van der Waals surface area contributed by atoms with Crippen molar-refractivity contribution in [2.24, 2.45) is 0 Å². The predicted molar refractivity (Wildman–Crippen MR) is 94.4 cm³/mol. The van der Waals surface area contributed by atoms with Crippen LogP contribution in [0.2, 0.25) is 0 Å². The van der Waals surface area contributed by atoms with Gasteiger partial charge in [0.25, 0.3) is 0 Å². The number of anilines is 1. The van der Waals surface area contributed by atoms with Gasteiger partial charge in [-0.05, 0) is 36.4 Å². The first-order valence-corrected chi connectivity index (χ1v) is 9.21. The Kier molecular flexibility index (Phi) is 4.72. The van der Waals surface area contributed by atoms with Gasteiger partial charge in [-0.2, -0.15) is 5.10 Å². The second kappa shape index (κ2) is 6.96. The van der Waals surface area contributed by atoms with E-state index < -0.39 is 15.8 Å². The minimum absolute atomic E-state index is 0.0125. The molecular formula is C17H16N4O4S. The Hall–Kier alpha value is -3.20. The van der Waals surface area contributed by atoms with Crippen LogP contribution in [-0.2, 0) is 20.3 Å². The molecule has 8 nitrogen and oxygen atoms in total. The van der Waals surface area contributed by atoms with Crippen LogP contribution in [0.15, 0.2) is 59.9 Å². The molecule has 3 rings (SSSR count). The standard InChI is InChI=1S/C17H16N4O4S/c1-25-17(22)12-2-3-16(15(18)10-12)26(23,24)11-13-6-9-21(20-13)14-4-7-19-8-5-14/h2-10H,11,18H2,1H3. The number of carbonyl (C=O) groups excluding carboxylic acids is 1. The lowest BCUT2D eigenvalue weighted by atomic mass is 10.2. The Bertz CT molecular complexity index is 1050. The van der Waals surface area contributed by atoms with Gasteiger partial charge >= 0.3 is 5.97 Å². The highest BCUT2D eigenvalue weighted by molar-refractivity contribution is 7.90. The molecule has 0 aliphatic heterocycles. The number of nitrogens with two attached hydrogens (primary N) is 1. The first kappa shape index (κ1) is 17.6. The summed E-state index contributed by atoms with van der Waals surface area (Å²) in [6, 6.07) is 9.09. The SMILES string of the molecule is COC(=O)c1ccc(S(=O)(=O)Cc2ccn(-c3ccncc3)n2)c(N)c1. The van der Waals surface area contributed by atoms with Crippen LogP contribution >= 0.6 is 0 Å². The number of hydrogen-bond acceptors (Lipinski definition) is 7. The molecule has 3 aromatic rings. The van der Waals surface area contributed by atoms with Crippen molar-refractivity contribution >= 4 is 21.5 Å². The van der Waals surface area contributed by atoms with E-state index in [1.54, 1.807) is 41.5 Å². The van der Waals surface area contributed by atoms with E-state index >= 15 is 0 Å². The number of sulfone groups is 1. The van der Waals surface area contributed by atoms with Gasteiger partial charge < -0.3 is 10.5 Å². The number of aromatic nitrogens is 3. The fraction of sp³-hybridized carbons (Fsp3) is 0.118. The molecule has 0 saturated carbocycles. The molecule has 0 atom stereocenters. The van der Waals surface area contributed by atoms with Crippen molar-refractivity contribution in [1.29, 1.82) is 0 Å². The highest BCUT2D eigenvalue weighted by Gasteiger charge is 2.21. The molecule has 0 fully saturated rings. The van der Waals surface area contributed by atoms with E-state index in [0.29, 0.717) is 5.69 Å². The number of nitrogen functional groups attached to an aromatic ring is 1. The van der Waals surface area contributed by atoms with Gasteiger partial charge in [0.05, 0.1) is 40.4 Å². The summed E-state index contributed by atoms with van der Waals surface area (Å²) in [5, 5.41) is 4.27. The van der Waals surface area contributed by atoms with Crippen LogP contribution in [-0.4, -0.2) is 36.3 Å². The quantitative estimate of drug-likeness (QED) is 0.534. The average molecular weight is 372 g/mol. The third kappa shape index (κ3) is 3.57. The zero-order valence-electron chi connectivity index (χ0n) is 13.9. The molecule has 134 valence electrons. The van der Waals surface area contributed by atoms with Crippen molar-refractivity contribution in [2.45, 2.75) is 10.6 Å². The van der Waals surface area contributed by atoms with Gasteiger partial charge in [-0.25, -0.2) is 17.9 Å². The van der Waals surface area contributed by atoms with E-state index in [0.717, 1.165) is 5.69 Å². The van der Waals surface area contributed by atoms with Gasteiger partial charge in [0.2, 0.25) is 0 Å². The number of methoxy groups -OCH3 is 1. The monoisotopic (exact) mass is 372 g/mol. The molecular weight excluding hydrogens is 356 g/mol. The van der Waals surface area contributed by atoms with Crippen molar-refractivity contribution in [1.82, 2.24) is 14.8 Å². The van der Waals surface area contributed by atoms with Crippen molar-refractivity contribution < 1.29 is 17.9 Å². The molecule has 0 aliphatic carbocycles. The van der Waals surface area contributed by atoms with Crippen LogP contribution in [0.1, 0.15) is 16.1 Å². The lowest BCUT2D eigenvalue weighted by Crippen LogP contribution is -2.10. The molecule has 0 radical (unpaired) electrons. The molecule has 0 aliphatic rings. The highest BCUT2D eigenvalue weighted by Crippen LogP contribution is 2.24. The van der Waals surface area contributed by atoms with E-state index in [4.69, 9.17) is 5.73 Å². The Labute approximate surface area is 150 Å². The van der Waals surface area contributed by atoms with Gasteiger partial charge in [0.15, 0.2) is 9.84 Å². The molecule has 0 amide bonds. The van der Waals surface area contributed by atoms with Crippen molar-refractivity contribution in [2.75, 3.05) is 12.8 Å². The zero-order valence-corrected chi connectivity index (χ0v) is 14.7. The Balaban J connectivity index is 1.86. The van der Waals surface area contributed by atoms with Gasteiger partial charge in [-0.15, -0.1) is 0 Å². The number of esters is 1. The Morgan fingerprint density at radius 3 is 2.58 bits per heavy atom. The number of pyridine rings is 1.